The van der Waals surface area contributed by atoms with Crippen LogP contribution in [0.5, 0.6) is 5.75 Å². The van der Waals surface area contributed by atoms with Gasteiger partial charge in [0.25, 0.3) is 0 Å². The van der Waals surface area contributed by atoms with E-state index < -0.39 is 6.10 Å². The highest BCUT2D eigenvalue weighted by Crippen LogP contribution is 2.27. The van der Waals surface area contributed by atoms with Crippen LogP contribution in [0.2, 0.25) is 0 Å². The lowest BCUT2D eigenvalue weighted by Crippen LogP contribution is -2.34. The van der Waals surface area contributed by atoms with Crippen LogP contribution in [-0.4, -0.2) is 42.9 Å². The molecular weight excluding hydrogens is 346 g/mol. The van der Waals surface area contributed by atoms with Crippen LogP contribution in [-0.2, 0) is 0 Å². The van der Waals surface area contributed by atoms with E-state index in [1.54, 1.807) is 0 Å². The zero-order chi connectivity index (χ0) is 19.6. The smallest absolute Gasteiger partial charge is 0.119 e. The Labute approximate surface area is 168 Å². The average Bonchev–Trinajstić information content (AvgIpc) is 2.75. The lowest BCUT2D eigenvalue weighted by Gasteiger charge is -2.24. The van der Waals surface area contributed by atoms with Gasteiger partial charge >= 0.3 is 0 Å². The van der Waals surface area contributed by atoms with Crippen molar-refractivity contribution in [3.8, 4) is 5.75 Å². The monoisotopic (exact) mass is 375 g/mol. The van der Waals surface area contributed by atoms with Gasteiger partial charge in [-0.2, -0.15) is 0 Å². The summed E-state index contributed by atoms with van der Waals surface area (Å²) in [5.74, 6) is 1.14. The third-order valence-corrected chi connectivity index (χ3v) is 4.91. The van der Waals surface area contributed by atoms with Crippen molar-refractivity contribution in [2.75, 3.05) is 26.7 Å². The molecule has 3 aromatic rings. The van der Waals surface area contributed by atoms with Crippen LogP contribution in [0.1, 0.15) is 23.5 Å². The third kappa shape index (κ3) is 6.22. The molecule has 1 atom stereocenters. The van der Waals surface area contributed by atoms with E-state index in [-0.39, 0.29) is 0 Å². The molecule has 28 heavy (non-hydrogen) atoms. The summed E-state index contributed by atoms with van der Waals surface area (Å²) in [7, 11) is 2.05. The number of para-hydroxylation sites is 1. The highest BCUT2D eigenvalue weighted by Gasteiger charge is 2.16. The van der Waals surface area contributed by atoms with Gasteiger partial charge in [-0.3, -0.25) is 0 Å². The molecule has 0 bridgehead atoms. The predicted molar refractivity (Wildman–Crippen MR) is 115 cm³/mol. The van der Waals surface area contributed by atoms with Crippen LogP contribution in [0.25, 0.3) is 0 Å². The van der Waals surface area contributed by atoms with Crippen molar-refractivity contribution in [1.29, 1.82) is 0 Å². The Morgan fingerprint density at radius 2 is 1.29 bits per heavy atom. The Bertz CT molecular complexity index is 753. The second kappa shape index (κ2) is 10.6. The molecular formula is C25H29NO2. The van der Waals surface area contributed by atoms with Crippen LogP contribution in [0.4, 0.5) is 0 Å². The van der Waals surface area contributed by atoms with E-state index in [2.05, 4.69) is 72.6 Å². The first-order chi connectivity index (χ1) is 13.7. The van der Waals surface area contributed by atoms with E-state index in [0.29, 0.717) is 19.1 Å². The molecule has 0 saturated heterocycles. The fraction of sp³-hybridized carbons (Fsp3) is 0.280. The van der Waals surface area contributed by atoms with Crippen LogP contribution >= 0.6 is 0 Å². The van der Waals surface area contributed by atoms with E-state index in [9.17, 15) is 5.11 Å². The van der Waals surface area contributed by atoms with Gasteiger partial charge in [0.05, 0.1) is 0 Å². The van der Waals surface area contributed by atoms with E-state index >= 15 is 0 Å². The molecule has 3 rings (SSSR count). The standard InChI is InChI=1S/C25H29NO2/c1-26(19-23(27)20-28-24-15-9-4-10-16-24)18-17-25(21-11-5-2-6-12-21)22-13-7-3-8-14-22/h2-16,23,25,27H,17-20H2,1H3/t23-/m0/s1. The van der Waals surface area contributed by atoms with Gasteiger partial charge in [0.15, 0.2) is 0 Å². The number of aliphatic hydroxyl groups is 1. The maximum absolute atomic E-state index is 10.3. The Hall–Kier alpha value is -2.62. The van der Waals surface area contributed by atoms with Gasteiger partial charge < -0.3 is 14.7 Å². The van der Waals surface area contributed by atoms with Gasteiger partial charge in [0.2, 0.25) is 0 Å². The van der Waals surface area contributed by atoms with Crippen molar-refractivity contribution >= 4 is 0 Å². The molecule has 3 aromatic carbocycles. The van der Waals surface area contributed by atoms with Crippen LogP contribution in [0.15, 0.2) is 91.0 Å². The van der Waals surface area contributed by atoms with Crippen molar-refractivity contribution < 1.29 is 9.84 Å². The van der Waals surface area contributed by atoms with Gasteiger partial charge in [0.1, 0.15) is 18.5 Å². The molecule has 0 aliphatic heterocycles. The minimum absolute atomic E-state index is 0.301. The number of hydrogen-bond acceptors (Lipinski definition) is 3. The van der Waals surface area contributed by atoms with Gasteiger partial charge in [0, 0.05) is 12.5 Å². The third-order valence-electron chi connectivity index (χ3n) is 4.91. The zero-order valence-corrected chi connectivity index (χ0v) is 16.4. The minimum atomic E-state index is -0.517. The first kappa shape index (κ1) is 20.1. The normalized spacial score (nSPS) is 12.3. The Morgan fingerprint density at radius 1 is 0.786 bits per heavy atom. The molecule has 0 unspecified atom stereocenters. The lowest BCUT2D eigenvalue weighted by molar-refractivity contribution is 0.0758. The molecule has 146 valence electrons. The second-order valence-corrected chi connectivity index (χ2v) is 7.20. The molecule has 0 amide bonds. The van der Waals surface area contributed by atoms with Crippen LogP contribution in [0, 0.1) is 0 Å². The molecule has 0 aromatic heterocycles. The first-order valence-corrected chi connectivity index (χ1v) is 9.86. The molecule has 3 nitrogen and oxygen atoms in total. The summed E-state index contributed by atoms with van der Waals surface area (Å²) < 4.78 is 5.66. The molecule has 0 aliphatic rings. The van der Waals surface area contributed by atoms with Crippen LogP contribution < -0.4 is 4.74 Å². The highest BCUT2D eigenvalue weighted by molar-refractivity contribution is 5.32. The quantitative estimate of drug-likeness (QED) is 0.563. The summed E-state index contributed by atoms with van der Waals surface area (Å²) in [4.78, 5) is 2.18. The highest BCUT2D eigenvalue weighted by atomic mass is 16.5. The van der Waals surface area contributed by atoms with Crippen molar-refractivity contribution in [2.45, 2.75) is 18.4 Å². The summed E-state index contributed by atoms with van der Waals surface area (Å²) in [6.45, 7) is 1.79. The number of ether oxygens (including phenoxy) is 1. The van der Waals surface area contributed by atoms with Gasteiger partial charge in [-0.05, 0) is 43.3 Å². The Balaban J connectivity index is 1.52. The van der Waals surface area contributed by atoms with Gasteiger partial charge in [-0.25, -0.2) is 0 Å². The van der Waals surface area contributed by atoms with Crippen molar-refractivity contribution in [3.63, 3.8) is 0 Å². The van der Waals surface area contributed by atoms with Crippen molar-refractivity contribution in [2.24, 2.45) is 0 Å². The molecule has 0 aliphatic carbocycles. The fourth-order valence-corrected chi connectivity index (χ4v) is 3.46. The van der Waals surface area contributed by atoms with E-state index in [1.165, 1.54) is 11.1 Å². The number of benzene rings is 3. The number of rotatable bonds is 10. The van der Waals surface area contributed by atoms with Gasteiger partial charge in [-0.15, -0.1) is 0 Å². The predicted octanol–water partition coefficient (Wildman–Crippen LogP) is 4.58. The zero-order valence-electron chi connectivity index (χ0n) is 16.4. The molecule has 1 N–H and O–H groups in total. The topological polar surface area (TPSA) is 32.7 Å². The maximum atomic E-state index is 10.3. The maximum Gasteiger partial charge on any atom is 0.119 e. The average molecular weight is 376 g/mol. The fourth-order valence-electron chi connectivity index (χ4n) is 3.46. The molecule has 0 fully saturated rings. The number of hydrogen-bond donors (Lipinski definition) is 1. The summed E-state index contributed by atoms with van der Waals surface area (Å²) in [5.41, 5.74) is 2.66. The number of aliphatic hydroxyl groups excluding tert-OH is 1. The largest absolute Gasteiger partial charge is 0.491 e. The lowest BCUT2D eigenvalue weighted by atomic mass is 9.88. The SMILES string of the molecule is CN(CCC(c1ccccc1)c1ccccc1)C[C@H](O)COc1ccccc1. The summed E-state index contributed by atoms with van der Waals surface area (Å²) >= 11 is 0. The minimum Gasteiger partial charge on any atom is -0.491 e. The number of likely N-dealkylation sites (N-methyl/N-ethyl adjacent to an activating group) is 1. The molecule has 0 spiro atoms. The molecule has 0 saturated carbocycles. The second-order valence-electron chi connectivity index (χ2n) is 7.20. The molecule has 3 heteroatoms. The summed E-state index contributed by atoms with van der Waals surface area (Å²) in [5, 5.41) is 10.3. The Kier molecular flexibility index (Phi) is 7.65. The van der Waals surface area contributed by atoms with Gasteiger partial charge in [-0.1, -0.05) is 78.9 Å². The van der Waals surface area contributed by atoms with E-state index in [1.807, 2.05) is 30.3 Å². The van der Waals surface area contributed by atoms with E-state index in [4.69, 9.17) is 4.74 Å². The van der Waals surface area contributed by atoms with Crippen molar-refractivity contribution in [3.05, 3.63) is 102 Å². The summed E-state index contributed by atoms with van der Waals surface area (Å²) in [6, 6.07) is 30.9. The van der Waals surface area contributed by atoms with Crippen molar-refractivity contribution in [1.82, 2.24) is 4.90 Å². The first-order valence-electron chi connectivity index (χ1n) is 9.86. The molecule has 0 radical (unpaired) electrons. The van der Waals surface area contributed by atoms with Crippen LogP contribution in [0.3, 0.4) is 0 Å². The Morgan fingerprint density at radius 3 is 1.82 bits per heavy atom. The molecule has 0 heterocycles. The number of nitrogens with zero attached hydrogens (tertiary/aromatic N) is 1. The summed E-state index contributed by atoms with van der Waals surface area (Å²) in [6.07, 6.45) is 0.480. The van der Waals surface area contributed by atoms with E-state index in [0.717, 1.165) is 18.7 Å².